The van der Waals surface area contributed by atoms with Crippen LogP contribution in [-0.4, -0.2) is 35.9 Å². The van der Waals surface area contributed by atoms with Gasteiger partial charge in [-0.15, -0.1) is 0 Å². The van der Waals surface area contributed by atoms with Gasteiger partial charge in [0, 0.05) is 23.1 Å². The van der Waals surface area contributed by atoms with Crippen molar-refractivity contribution in [2.45, 2.75) is 32.9 Å². The number of amides is 2. The molecule has 0 saturated heterocycles. The maximum atomic E-state index is 14.1. The summed E-state index contributed by atoms with van der Waals surface area (Å²) in [5.74, 6) is -0.856. The van der Waals surface area contributed by atoms with Crippen molar-refractivity contribution in [2.24, 2.45) is 0 Å². The number of ether oxygens (including phenoxy) is 1. The molecule has 29 heavy (non-hydrogen) atoms. The van der Waals surface area contributed by atoms with Gasteiger partial charge in [0.15, 0.2) is 6.61 Å². The Labute approximate surface area is 183 Å². The summed E-state index contributed by atoms with van der Waals surface area (Å²) in [6.07, 6.45) is 0.769. The lowest BCUT2D eigenvalue weighted by molar-refractivity contribution is -0.142. The largest absolute Gasteiger partial charge is 0.482 e. The van der Waals surface area contributed by atoms with E-state index in [9.17, 15) is 14.0 Å². The van der Waals surface area contributed by atoms with Crippen LogP contribution in [-0.2, 0) is 16.1 Å². The zero-order valence-electron chi connectivity index (χ0n) is 16.3. The lowest BCUT2D eigenvalue weighted by Crippen LogP contribution is -2.49. The molecule has 0 aliphatic heterocycles. The molecule has 0 aliphatic rings. The zero-order chi connectivity index (χ0) is 21.4. The zero-order valence-corrected chi connectivity index (χ0v) is 18.6. The Morgan fingerprint density at radius 1 is 1.28 bits per heavy atom. The quantitative estimate of drug-likeness (QED) is 0.566. The Morgan fingerprint density at radius 2 is 2.00 bits per heavy atom. The van der Waals surface area contributed by atoms with Gasteiger partial charge in [0.2, 0.25) is 5.91 Å². The summed E-state index contributed by atoms with van der Waals surface area (Å²) in [5.41, 5.74) is 0.317. The van der Waals surface area contributed by atoms with E-state index < -0.39 is 17.8 Å². The number of hydrogen-bond donors (Lipinski definition) is 1. The van der Waals surface area contributed by atoms with E-state index in [1.807, 2.05) is 6.92 Å². The average Bonchev–Trinajstić information content (AvgIpc) is 2.70. The molecule has 8 heteroatoms. The molecule has 0 saturated carbocycles. The van der Waals surface area contributed by atoms with Crippen LogP contribution in [0.1, 0.15) is 25.8 Å². The molecular formula is C21H23BrClFN2O3. The highest BCUT2D eigenvalue weighted by Gasteiger charge is 2.27. The molecule has 5 nitrogen and oxygen atoms in total. The number of rotatable bonds is 9. The molecule has 2 amide bonds. The highest BCUT2D eigenvalue weighted by molar-refractivity contribution is 9.10. The second-order valence-corrected chi connectivity index (χ2v) is 7.77. The Morgan fingerprint density at radius 3 is 2.66 bits per heavy atom. The maximum Gasteiger partial charge on any atom is 0.261 e. The topological polar surface area (TPSA) is 58.6 Å². The SMILES string of the molecule is CCCNC(=O)[C@@H](C)N(Cc1ccccc1F)C(=O)COc1ccc(Br)cc1Cl. The lowest BCUT2D eigenvalue weighted by atomic mass is 10.1. The van der Waals surface area contributed by atoms with Gasteiger partial charge in [0.25, 0.3) is 5.91 Å². The Bertz CT molecular complexity index is 866. The number of nitrogens with zero attached hydrogens (tertiary/aromatic N) is 1. The molecule has 0 bridgehead atoms. The van der Waals surface area contributed by atoms with Crippen LogP contribution >= 0.6 is 27.5 Å². The molecule has 0 spiro atoms. The van der Waals surface area contributed by atoms with E-state index in [1.165, 1.54) is 11.0 Å². The van der Waals surface area contributed by atoms with Crippen LogP contribution in [0.4, 0.5) is 4.39 Å². The standard InChI is InChI=1S/C21H23BrClFN2O3/c1-3-10-25-21(28)14(2)26(12-15-6-4-5-7-18(15)24)20(27)13-29-19-9-8-16(22)11-17(19)23/h4-9,11,14H,3,10,12-13H2,1-2H3,(H,25,28)/t14-/m1/s1. The minimum atomic E-state index is -0.794. The third kappa shape index (κ3) is 6.72. The predicted octanol–water partition coefficient (Wildman–Crippen LogP) is 4.56. The fourth-order valence-corrected chi connectivity index (χ4v) is 3.33. The number of halogens is 3. The smallest absolute Gasteiger partial charge is 0.261 e. The molecule has 2 rings (SSSR count). The minimum absolute atomic E-state index is 0.0519. The van der Waals surface area contributed by atoms with Crippen LogP contribution in [0.2, 0.25) is 5.02 Å². The highest BCUT2D eigenvalue weighted by atomic mass is 79.9. The van der Waals surface area contributed by atoms with E-state index >= 15 is 0 Å². The van der Waals surface area contributed by atoms with E-state index in [1.54, 1.807) is 43.3 Å². The summed E-state index contributed by atoms with van der Waals surface area (Å²) >= 11 is 9.42. The van der Waals surface area contributed by atoms with Gasteiger partial charge < -0.3 is 15.0 Å². The number of benzene rings is 2. The van der Waals surface area contributed by atoms with Gasteiger partial charge in [0.05, 0.1) is 5.02 Å². The predicted molar refractivity (Wildman–Crippen MR) is 114 cm³/mol. The fourth-order valence-electron chi connectivity index (χ4n) is 2.60. The summed E-state index contributed by atoms with van der Waals surface area (Å²) in [7, 11) is 0. The van der Waals surface area contributed by atoms with Gasteiger partial charge >= 0.3 is 0 Å². The third-order valence-corrected chi connectivity index (χ3v) is 5.05. The molecule has 0 heterocycles. The first-order valence-electron chi connectivity index (χ1n) is 9.22. The molecule has 2 aromatic carbocycles. The molecule has 1 atom stereocenters. The minimum Gasteiger partial charge on any atom is -0.482 e. The summed E-state index contributed by atoms with van der Waals surface area (Å²) in [6, 6.07) is 10.4. The monoisotopic (exact) mass is 484 g/mol. The average molecular weight is 486 g/mol. The summed E-state index contributed by atoms with van der Waals surface area (Å²) in [6.45, 7) is 3.65. The number of nitrogens with one attached hydrogen (secondary N) is 1. The van der Waals surface area contributed by atoms with Crippen molar-refractivity contribution in [3.63, 3.8) is 0 Å². The molecule has 156 valence electrons. The van der Waals surface area contributed by atoms with Crippen molar-refractivity contribution >= 4 is 39.3 Å². The summed E-state index contributed by atoms with van der Waals surface area (Å²) in [4.78, 5) is 26.6. The van der Waals surface area contributed by atoms with Crippen molar-refractivity contribution in [1.29, 1.82) is 0 Å². The number of carbonyl (C=O) groups excluding carboxylic acids is 2. The second-order valence-electron chi connectivity index (χ2n) is 6.44. The molecule has 0 fully saturated rings. The molecule has 0 radical (unpaired) electrons. The van der Waals surface area contributed by atoms with Crippen molar-refractivity contribution in [2.75, 3.05) is 13.2 Å². The van der Waals surface area contributed by atoms with Crippen molar-refractivity contribution < 1.29 is 18.7 Å². The second kappa shape index (κ2) is 11.2. The Balaban J connectivity index is 2.17. The molecule has 0 unspecified atom stereocenters. The van der Waals surface area contributed by atoms with Gasteiger partial charge in [0.1, 0.15) is 17.6 Å². The van der Waals surface area contributed by atoms with E-state index in [0.29, 0.717) is 22.9 Å². The fraction of sp³-hybridized carbons (Fsp3) is 0.333. The molecule has 0 aromatic heterocycles. The van der Waals surface area contributed by atoms with Gasteiger partial charge in [-0.3, -0.25) is 9.59 Å². The van der Waals surface area contributed by atoms with Crippen LogP contribution in [0.5, 0.6) is 5.75 Å². The van der Waals surface area contributed by atoms with E-state index in [4.69, 9.17) is 16.3 Å². The van der Waals surface area contributed by atoms with Crippen molar-refractivity contribution in [1.82, 2.24) is 10.2 Å². The molecule has 2 aromatic rings. The van der Waals surface area contributed by atoms with E-state index in [2.05, 4.69) is 21.2 Å². The van der Waals surface area contributed by atoms with Crippen molar-refractivity contribution in [3.8, 4) is 5.75 Å². The first-order valence-corrected chi connectivity index (χ1v) is 10.4. The molecular weight excluding hydrogens is 463 g/mol. The maximum absolute atomic E-state index is 14.1. The third-order valence-electron chi connectivity index (χ3n) is 4.26. The molecule has 1 N–H and O–H groups in total. The van der Waals surface area contributed by atoms with Crippen LogP contribution in [0.25, 0.3) is 0 Å². The van der Waals surface area contributed by atoms with Crippen LogP contribution in [0.15, 0.2) is 46.9 Å². The van der Waals surface area contributed by atoms with Gasteiger partial charge in [-0.1, -0.05) is 52.7 Å². The summed E-state index contributed by atoms with van der Waals surface area (Å²) < 4.78 is 20.5. The number of carbonyl (C=O) groups is 2. The summed E-state index contributed by atoms with van der Waals surface area (Å²) in [5, 5.41) is 3.11. The van der Waals surface area contributed by atoms with E-state index in [0.717, 1.165) is 10.9 Å². The Hall–Kier alpha value is -2.12. The normalized spacial score (nSPS) is 11.6. The first-order chi connectivity index (χ1) is 13.8. The van der Waals surface area contributed by atoms with Gasteiger partial charge in [-0.2, -0.15) is 0 Å². The lowest BCUT2D eigenvalue weighted by Gasteiger charge is -2.29. The van der Waals surface area contributed by atoms with Gasteiger partial charge in [-0.05, 0) is 37.6 Å². The van der Waals surface area contributed by atoms with Crippen LogP contribution < -0.4 is 10.1 Å². The first kappa shape index (κ1) is 23.2. The number of hydrogen-bond acceptors (Lipinski definition) is 3. The van der Waals surface area contributed by atoms with Crippen molar-refractivity contribution in [3.05, 3.63) is 63.3 Å². The van der Waals surface area contributed by atoms with E-state index in [-0.39, 0.29) is 19.1 Å². The highest BCUT2D eigenvalue weighted by Crippen LogP contribution is 2.27. The van der Waals surface area contributed by atoms with Gasteiger partial charge in [-0.25, -0.2) is 4.39 Å². The van der Waals surface area contributed by atoms with Crippen LogP contribution in [0.3, 0.4) is 0 Å². The van der Waals surface area contributed by atoms with Crippen LogP contribution in [0, 0.1) is 5.82 Å². The Kier molecular flexibility index (Phi) is 8.92. The molecule has 0 aliphatic carbocycles.